The van der Waals surface area contributed by atoms with Crippen molar-refractivity contribution in [2.24, 2.45) is 11.7 Å². The number of hydrogen-bond donors (Lipinski definition) is 1. The third kappa shape index (κ3) is 2.66. The molecule has 1 aliphatic rings. The maximum absolute atomic E-state index is 12.4. The van der Waals surface area contributed by atoms with E-state index in [-0.39, 0.29) is 5.82 Å². The van der Waals surface area contributed by atoms with Crippen molar-refractivity contribution in [3.63, 3.8) is 0 Å². The Morgan fingerprint density at radius 1 is 1.33 bits per heavy atom. The molecule has 1 saturated carbocycles. The summed E-state index contributed by atoms with van der Waals surface area (Å²) in [5.74, 6) is -0.812. The lowest BCUT2D eigenvalue weighted by Gasteiger charge is -2.23. The normalized spacial score (nSPS) is 30.2. The maximum Gasteiger partial charge on any atom is 0.471 e. The molecule has 2 atom stereocenters. The summed E-state index contributed by atoms with van der Waals surface area (Å²) in [5.41, 5.74) is 5.26. The Balaban J connectivity index is 2.21. The first-order valence-corrected chi connectivity index (χ1v) is 6.01. The molecule has 18 heavy (non-hydrogen) atoms. The van der Waals surface area contributed by atoms with Crippen molar-refractivity contribution in [1.82, 2.24) is 10.1 Å². The number of alkyl halides is 3. The number of aromatic nitrogens is 2. The quantitative estimate of drug-likeness (QED) is 0.791. The smallest absolute Gasteiger partial charge is 0.329 e. The van der Waals surface area contributed by atoms with Gasteiger partial charge in [0.1, 0.15) is 0 Å². The van der Waals surface area contributed by atoms with E-state index < -0.39 is 17.6 Å². The molecule has 2 unspecified atom stereocenters. The van der Waals surface area contributed by atoms with Crippen molar-refractivity contribution in [2.45, 2.75) is 50.7 Å². The highest BCUT2D eigenvalue weighted by molar-refractivity contribution is 5.05. The fraction of sp³-hybridized carbons (Fsp3) is 0.818. The molecule has 0 aromatic carbocycles. The summed E-state index contributed by atoms with van der Waals surface area (Å²) < 4.78 is 41.4. The van der Waals surface area contributed by atoms with Gasteiger partial charge in [0.05, 0.1) is 5.54 Å². The summed E-state index contributed by atoms with van der Waals surface area (Å²) in [4.78, 5) is 3.42. The molecule has 1 heterocycles. The zero-order chi connectivity index (χ0) is 13.4. The van der Waals surface area contributed by atoms with E-state index in [0.717, 1.165) is 19.3 Å². The lowest BCUT2D eigenvalue weighted by Crippen LogP contribution is -2.37. The molecule has 0 saturated heterocycles. The van der Waals surface area contributed by atoms with Gasteiger partial charge < -0.3 is 10.3 Å². The van der Waals surface area contributed by atoms with Gasteiger partial charge in [-0.05, 0) is 25.2 Å². The van der Waals surface area contributed by atoms with Crippen LogP contribution in [0.25, 0.3) is 0 Å². The average molecular weight is 263 g/mol. The highest BCUT2D eigenvalue weighted by Crippen LogP contribution is 2.36. The van der Waals surface area contributed by atoms with Crippen molar-refractivity contribution < 1.29 is 17.7 Å². The summed E-state index contributed by atoms with van der Waals surface area (Å²) in [5, 5.41) is 3.41. The number of rotatable bonds is 1. The van der Waals surface area contributed by atoms with E-state index in [9.17, 15) is 13.2 Å². The molecule has 1 aromatic rings. The molecule has 0 amide bonds. The van der Waals surface area contributed by atoms with E-state index >= 15 is 0 Å². The first-order valence-electron chi connectivity index (χ1n) is 6.01. The maximum atomic E-state index is 12.4. The Morgan fingerprint density at radius 3 is 2.67 bits per heavy atom. The van der Waals surface area contributed by atoms with Gasteiger partial charge >= 0.3 is 12.1 Å². The molecule has 0 bridgehead atoms. The molecule has 2 rings (SSSR count). The van der Waals surface area contributed by atoms with Crippen LogP contribution in [0, 0.1) is 5.92 Å². The van der Waals surface area contributed by atoms with Gasteiger partial charge in [-0.15, -0.1) is 0 Å². The van der Waals surface area contributed by atoms with Crippen molar-refractivity contribution >= 4 is 0 Å². The van der Waals surface area contributed by atoms with Crippen LogP contribution in [0.2, 0.25) is 0 Å². The minimum absolute atomic E-state index is 0.0241. The van der Waals surface area contributed by atoms with Crippen LogP contribution in [0.5, 0.6) is 0 Å². The summed E-state index contributed by atoms with van der Waals surface area (Å²) >= 11 is 0. The van der Waals surface area contributed by atoms with Gasteiger partial charge in [-0.1, -0.05) is 24.9 Å². The van der Waals surface area contributed by atoms with E-state index in [0.29, 0.717) is 18.8 Å². The Bertz CT molecular complexity index is 418. The number of nitrogens with zero attached hydrogens (tertiary/aromatic N) is 2. The summed E-state index contributed by atoms with van der Waals surface area (Å²) in [6.07, 6.45) is -0.665. The highest BCUT2D eigenvalue weighted by Gasteiger charge is 2.42. The Kier molecular flexibility index (Phi) is 3.35. The van der Waals surface area contributed by atoms with E-state index in [1.165, 1.54) is 0 Å². The van der Waals surface area contributed by atoms with Crippen LogP contribution in [0.1, 0.15) is 50.7 Å². The molecule has 7 heteroatoms. The van der Waals surface area contributed by atoms with E-state index in [1.54, 1.807) is 0 Å². The van der Waals surface area contributed by atoms with Gasteiger partial charge in [-0.2, -0.15) is 18.2 Å². The molecule has 102 valence electrons. The molecule has 4 nitrogen and oxygen atoms in total. The monoisotopic (exact) mass is 263 g/mol. The fourth-order valence-electron chi connectivity index (χ4n) is 2.30. The van der Waals surface area contributed by atoms with Crippen LogP contribution in [-0.2, 0) is 11.7 Å². The van der Waals surface area contributed by atoms with Gasteiger partial charge in [-0.25, -0.2) is 0 Å². The number of halogens is 3. The van der Waals surface area contributed by atoms with E-state index in [1.807, 2.05) is 0 Å². The lowest BCUT2D eigenvalue weighted by molar-refractivity contribution is -0.159. The van der Waals surface area contributed by atoms with Crippen molar-refractivity contribution in [2.75, 3.05) is 0 Å². The fourth-order valence-corrected chi connectivity index (χ4v) is 2.30. The van der Waals surface area contributed by atoms with Gasteiger partial charge in [-0.3, -0.25) is 0 Å². The van der Waals surface area contributed by atoms with Crippen LogP contribution in [0.4, 0.5) is 13.2 Å². The first kappa shape index (κ1) is 13.3. The Hall–Kier alpha value is -1.11. The second-order valence-corrected chi connectivity index (χ2v) is 5.11. The minimum Gasteiger partial charge on any atom is -0.329 e. The SMILES string of the molecule is CC1CCCC(N)(c2noc(C(F)(F)F)n2)CC1. The van der Waals surface area contributed by atoms with Gasteiger partial charge in [0.15, 0.2) is 5.82 Å². The molecular weight excluding hydrogens is 247 g/mol. The van der Waals surface area contributed by atoms with Crippen molar-refractivity contribution in [3.8, 4) is 0 Å². The summed E-state index contributed by atoms with van der Waals surface area (Å²) in [6.45, 7) is 2.11. The molecular formula is C11H16F3N3O. The van der Waals surface area contributed by atoms with Crippen LogP contribution < -0.4 is 5.73 Å². The Morgan fingerprint density at radius 2 is 2.06 bits per heavy atom. The van der Waals surface area contributed by atoms with Gasteiger partial charge in [0.2, 0.25) is 0 Å². The van der Waals surface area contributed by atoms with Gasteiger partial charge in [0, 0.05) is 0 Å². The van der Waals surface area contributed by atoms with Crippen LogP contribution >= 0.6 is 0 Å². The molecule has 2 N–H and O–H groups in total. The predicted octanol–water partition coefficient (Wildman–Crippen LogP) is 2.84. The van der Waals surface area contributed by atoms with Gasteiger partial charge in [0.25, 0.3) is 0 Å². The number of hydrogen-bond acceptors (Lipinski definition) is 4. The highest BCUT2D eigenvalue weighted by atomic mass is 19.4. The zero-order valence-corrected chi connectivity index (χ0v) is 10.1. The van der Waals surface area contributed by atoms with Crippen molar-refractivity contribution in [1.29, 1.82) is 0 Å². The number of nitrogens with two attached hydrogens (primary N) is 1. The lowest BCUT2D eigenvalue weighted by atomic mass is 9.90. The van der Waals surface area contributed by atoms with E-state index in [4.69, 9.17) is 5.73 Å². The third-order valence-corrected chi connectivity index (χ3v) is 3.52. The predicted molar refractivity (Wildman–Crippen MR) is 57.4 cm³/mol. The van der Waals surface area contributed by atoms with Crippen LogP contribution in [0.15, 0.2) is 4.52 Å². The largest absolute Gasteiger partial charge is 0.471 e. The summed E-state index contributed by atoms with van der Waals surface area (Å²) in [6, 6.07) is 0. The zero-order valence-electron chi connectivity index (χ0n) is 10.1. The third-order valence-electron chi connectivity index (χ3n) is 3.52. The van der Waals surface area contributed by atoms with Crippen molar-refractivity contribution in [3.05, 3.63) is 11.7 Å². The molecule has 0 radical (unpaired) electrons. The molecule has 1 aliphatic carbocycles. The second-order valence-electron chi connectivity index (χ2n) is 5.11. The minimum atomic E-state index is -4.61. The summed E-state index contributed by atoms with van der Waals surface area (Å²) in [7, 11) is 0. The van der Waals surface area contributed by atoms with Crippen LogP contribution in [0.3, 0.4) is 0 Å². The van der Waals surface area contributed by atoms with E-state index in [2.05, 4.69) is 21.6 Å². The average Bonchev–Trinajstić information content (AvgIpc) is 2.70. The molecule has 1 fully saturated rings. The molecule has 1 aromatic heterocycles. The molecule has 0 aliphatic heterocycles. The first-order chi connectivity index (χ1) is 8.31. The van der Waals surface area contributed by atoms with Crippen LogP contribution in [-0.4, -0.2) is 10.1 Å². The topological polar surface area (TPSA) is 64.9 Å². The molecule has 0 spiro atoms. The Labute approximate surface area is 103 Å². The second kappa shape index (κ2) is 4.53. The standard InChI is InChI=1S/C11H16F3N3O/c1-7-3-2-5-10(15,6-4-7)8-16-9(18-17-8)11(12,13)14/h7H,2-6,15H2,1H3.